The minimum absolute atomic E-state index is 0.0816. The van der Waals surface area contributed by atoms with Crippen LogP contribution in [0.5, 0.6) is 0 Å². The molecule has 0 radical (unpaired) electrons. The highest BCUT2D eigenvalue weighted by Gasteiger charge is 2.34. The second kappa shape index (κ2) is 9.49. The van der Waals surface area contributed by atoms with E-state index in [1.165, 1.54) is 11.0 Å². The largest absolute Gasteiger partial charge is 0.466 e. The number of hydrogen-bond acceptors (Lipinski definition) is 5. The molecule has 1 atom stereocenters. The molecule has 0 aliphatic carbocycles. The molecule has 1 fully saturated rings. The van der Waals surface area contributed by atoms with Gasteiger partial charge in [0.15, 0.2) is 5.11 Å². The van der Waals surface area contributed by atoms with Gasteiger partial charge in [0.1, 0.15) is 6.04 Å². The number of rotatable bonds is 5. The van der Waals surface area contributed by atoms with Crippen LogP contribution in [-0.2, 0) is 14.3 Å². The number of carbonyl (C=O) groups excluding carboxylic acids is 3. The van der Waals surface area contributed by atoms with Crippen LogP contribution in [0.4, 0.5) is 0 Å². The van der Waals surface area contributed by atoms with Gasteiger partial charge in [-0.15, -0.1) is 0 Å². The Morgan fingerprint density at radius 3 is 2.92 bits per heavy atom. The van der Waals surface area contributed by atoms with E-state index in [0.717, 1.165) is 0 Å². The third kappa shape index (κ3) is 5.40. The number of esters is 1. The summed E-state index contributed by atoms with van der Waals surface area (Å²) >= 11 is 11.2. The van der Waals surface area contributed by atoms with Crippen LogP contribution in [0.1, 0.15) is 30.1 Å². The molecule has 2 rings (SSSR count). The molecule has 1 saturated heterocycles. The summed E-state index contributed by atoms with van der Waals surface area (Å²) in [6.07, 6.45) is 0.555. The van der Waals surface area contributed by atoms with Crippen molar-refractivity contribution in [3.63, 3.8) is 0 Å². The Hall–Kier alpha value is -2.19. The molecule has 0 unspecified atom stereocenters. The topological polar surface area (TPSA) is 87.7 Å². The molecule has 26 heavy (non-hydrogen) atoms. The van der Waals surface area contributed by atoms with Gasteiger partial charge in [-0.05, 0) is 36.8 Å². The van der Waals surface area contributed by atoms with E-state index >= 15 is 0 Å². The number of amides is 2. The molecule has 1 heterocycles. The summed E-state index contributed by atoms with van der Waals surface area (Å²) in [5.41, 5.74) is 0.347. The second-order valence-corrected chi connectivity index (χ2v) is 6.52. The smallest absolute Gasteiger partial charge is 0.308 e. The Balaban J connectivity index is 2.05. The number of piperazine rings is 1. The maximum atomic E-state index is 12.3. The van der Waals surface area contributed by atoms with Gasteiger partial charge in [0.2, 0.25) is 5.91 Å². The Morgan fingerprint density at radius 1 is 1.46 bits per heavy atom. The van der Waals surface area contributed by atoms with Crippen molar-refractivity contribution < 1.29 is 19.1 Å². The number of nitrogens with zero attached hydrogens (tertiary/aromatic N) is 1. The van der Waals surface area contributed by atoms with Gasteiger partial charge in [-0.2, -0.15) is 0 Å². The summed E-state index contributed by atoms with van der Waals surface area (Å²) in [5.74, 6) is -1.25. The van der Waals surface area contributed by atoms with Gasteiger partial charge in [-0.25, -0.2) is 0 Å². The monoisotopic (exact) mass is 397 g/mol. The Bertz CT molecular complexity index is 713. The molecular weight excluding hydrogens is 378 g/mol. The molecule has 0 aromatic heterocycles. The predicted molar refractivity (Wildman–Crippen MR) is 101 cm³/mol. The van der Waals surface area contributed by atoms with E-state index in [4.69, 9.17) is 28.6 Å². The van der Waals surface area contributed by atoms with Gasteiger partial charge in [0.05, 0.1) is 13.0 Å². The van der Waals surface area contributed by atoms with E-state index < -0.39 is 17.9 Å². The molecule has 7 nitrogen and oxygen atoms in total. The van der Waals surface area contributed by atoms with E-state index in [1.807, 2.05) is 6.92 Å². The van der Waals surface area contributed by atoms with Gasteiger partial charge in [0, 0.05) is 23.7 Å². The van der Waals surface area contributed by atoms with Crippen LogP contribution in [0, 0.1) is 0 Å². The van der Waals surface area contributed by atoms with Crippen LogP contribution in [0.3, 0.4) is 0 Å². The fourth-order valence-electron chi connectivity index (χ4n) is 2.46. The van der Waals surface area contributed by atoms with E-state index in [9.17, 15) is 14.4 Å². The van der Waals surface area contributed by atoms with Crippen LogP contribution >= 0.6 is 23.8 Å². The third-order valence-electron chi connectivity index (χ3n) is 3.73. The van der Waals surface area contributed by atoms with Crippen molar-refractivity contribution in [2.24, 2.45) is 0 Å². The number of ether oxygens (including phenoxy) is 1. The van der Waals surface area contributed by atoms with Gasteiger partial charge >= 0.3 is 5.97 Å². The normalized spacial score (nSPS) is 16.6. The standard InChI is InChI=1S/C17H20ClN3O4S/c1-2-8-25-14(22)10-13-16(24)19-6-7-21(13)17(26)20-15(23)11-4-3-5-12(18)9-11/h3-5,9,13H,2,6-8,10H2,1H3,(H,19,24)(H,20,23,26)/t13-/m0/s1. The Labute approximate surface area is 162 Å². The average molecular weight is 398 g/mol. The van der Waals surface area contributed by atoms with E-state index in [-0.39, 0.29) is 17.4 Å². The van der Waals surface area contributed by atoms with Gasteiger partial charge in [-0.1, -0.05) is 24.6 Å². The number of carbonyl (C=O) groups is 3. The third-order valence-corrected chi connectivity index (χ3v) is 4.30. The quantitative estimate of drug-likeness (QED) is 0.578. The van der Waals surface area contributed by atoms with Crippen LogP contribution in [0.15, 0.2) is 24.3 Å². The van der Waals surface area contributed by atoms with E-state index in [1.54, 1.807) is 18.2 Å². The fraction of sp³-hybridized carbons (Fsp3) is 0.412. The summed E-state index contributed by atoms with van der Waals surface area (Å²) in [4.78, 5) is 37.9. The maximum absolute atomic E-state index is 12.3. The number of halogens is 1. The van der Waals surface area contributed by atoms with Crippen molar-refractivity contribution in [1.82, 2.24) is 15.5 Å². The van der Waals surface area contributed by atoms with Gasteiger partial charge in [0.25, 0.3) is 5.91 Å². The lowest BCUT2D eigenvalue weighted by atomic mass is 10.1. The Kier molecular flexibility index (Phi) is 7.35. The number of benzene rings is 1. The molecule has 0 bridgehead atoms. The van der Waals surface area contributed by atoms with Crippen molar-refractivity contribution in [2.45, 2.75) is 25.8 Å². The first-order valence-electron chi connectivity index (χ1n) is 8.23. The molecule has 2 N–H and O–H groups in total. The molecule has 1 aromatic rings. The molecule has 1 aliphatic heterocycles. The molecular formula is C17H20ClN3O4S. The van der Waals surface area contributed by atoms with Crippen LogP contribution in [0.2, 0.25) is 5.02 Å². The van der Waals surface area contributed by atoms with Crippen molar-refractivity contribution in [3.8, 4) is 0 Å². The molecule has 1 aromatic carbocycles. The summed E-state index contributed by atoms with van der Waals surface area (Å²) < 4.78 is 5.04. The first-order chi connectivity index (χ1) is 12.4. The SMILES string of the molecule is CCCOC(=O)C[C@H]1C(=O)NCCN1C(=S)NC(=O)c1cccc(Cl)c1. The molecule has 0 saturated carbocycles. The summed E-state index contributed by atoms with van der Waals surface area (Å²) in [7, 11) is 0. The molecule has 2 amide bonds. The lowest BCUT2D eigenvalue weighted by molar-refractivity contribution is -0.147. The highest BCUT2D eigenvalue weighted by Crippen LogP contribution is 2.13. The predicted octanol–water partition coefficient (Wildman–Crippen LogP) is 1.50. The van der Waals surface area contributed by atoms with Crippen molar-refractivity contribution in [2.75, 3.05) is 19.7 Å². The number of thiocarbonyl (C=S) groups is 1. The summed E-state index contributed by atoms with van der Waals surface area (Å²) in [6.45, 7) is 2.93. The van der Waals surface area contributed by atoms with E-state index in [0.29, 0.717) is 36.7 Å². The summed E-state index contributed by atoms with van der Waals surface area (Å²) in [6, 6.07) is 5.61. The molecule has 140 valence electrons. The first-order valence-corrected chi connectivity index (χ1v) is 9.02. The van der Waals surface area contributed by atoms with Crippen molar-refractivity contribution >= 4 is 46.7 Å². The minimum atomic E-state index is -0.819. The highest BCUT2D eigenvalue weighted by atomic mass is 35.5. The van der Waals surface area contributed by atoms with Crippen LogP contribution in [-0.4, -0.2) is 53.5 Å². The zero-order valence-electron chi connectivity index (χ0n) is 14.3. The highest BCUT2D eigenvalue weighted by molar-refractivity contribution is 7.80. The van der Waals surface area contributed by atoms with Crippen molar-refractivity contribution in [1.29, 1.82) is 0 Å². The number of hydrogen-bond donors (Lipinski definition) is 2. The molecule has 1 aliphatic rings. The summed E-state index contributed by atoms with van der Waals surface area (Å²) in [5, 5.41) is 5.79. The van der Waals surface area contributed by atoms with E-state index in [2.05, 4.69) is 10.6 Å². The van der Waals surface area contributed by atoms with Gasteiger partial charge < -0.3 is 15.0 Å². The van der Waals surface area contributed by atoms with Crippen LogP contribution in [0.25, 0.3) is 0 Å². The zero-order valence-corrected chi connectivity index (χ0v) is 15.9. The first kappa shape index (κ1) is 20.1. The Morgan fingerprint density at radius 2 is 2.23 bits per heavy atom. The fourth-order valence-corrected chi connectivity index (χ4v) is 2.97. The zero-order chi connectivity index (χ0) is 19.1. The lowest BCUT2D eigenvalue weighted by Gasteiger charge is -2.36. The van der Waals surface area contributed by atoms with Crippen molar-refractivity contribution in [3.05, 3.63) is 34.9 Å². The minimum Gasteiger partial charge on any atom is -0.466 e. The van der Waals surface area contributed by atoms with Crippen LogP contribution < -0.4 is 10.6 Å². The molecule has 9 heteroatoms. The maximum Gasteiger partial charge on any atom is 0.308 e. The number of nitrogens with one attached hydrogen (secondary N) is 2. The second-order valence-electron chi connectivity index (χ2n) is 5.69. The lowest BCUT2D eigenvalue weighted by Crippen LogP contribution is -2.60. The average Bonchev–Trinajstić information content (AvgIpc) is 2.61. The van der Waals surface area contributed by atoms with Gasteiger partial charge in [-0.3, -0.25) is 19.7 Å². The molecule has 0 spiro atoms.